The molecular weight excluding hydrogens is 200 g/mol. The molecule has 1 fully saturated rings. The van der Waals surface area contributed by atoms with Crippen molar-refractivity contribution in [1.29, 1.82) is 0 Å². The van der Waals surface area contributed by atoms with E-state index in [2.05, 4.69) is 13.8 Å². The second kappa shape index (κ2) is 5.67. The predicted molar refractivity (Wildman–Crippen MR) is 67.1 cm³/mol. The van der Waals surface area contributed by atoms with E-state index in [1.807, 2.05) is 11.9 Å². The standard InChI is InChI=1S/C13H26N2O/c1-4-8-11(2)15(3)12(16)13(14)9-6-5-7-10-13/h11H,4-10,14H2,1-3H3. The number of nitrogens with two attached hydrogens (primary N) is 1. The molecule has 0 aromatic heterocycles. The van der Waals surface area contributed by atoms with Crippen molar-refractivity contribution in [1.82, 2.24) is 4.90 Å². The zero-order valence-electron chi connectivity index (χ0n) is 11.0. The Hall–Kier alpha value is -0.570. The predicted octanol–water partition coefficient (Wildman–Crippen LogP) is 2.29. The molecule has 1 saturated carbocycles. The van der Waals surface area contributed by atoms with Gasteiger partial charge < -0.3 is 10.6 Å². The summed E-state index contributed by atoms with van der Waals surface area (Å²) in [4.78, 5) is 14.2. The highest BCUT2D eigenvalue weighted by Gasteiger charge is 2.38. The van der Waals surface area contributed by atoms with E-state index in [4.69, 9.17) is 5.73 Å². The highest BCUT2D eigenvalue weighted by molar-refractivity contribution is 5.86. The second-order valence-electron chi connectivity index (χ2n) is 5.27. The van der Waals surface area contributed by atoms with Gasteiger partial charge in [-0.3, -0.25) is 4.79 Å². The van der Waals surface area contributed by atoms with Gasteiger partial charge >= 0.3 is 0 Å². The van der Waals surface area contributed by atoms with Gasteiger partial charge in [-0.1, -0.05) is 32.6 Å². The van der Waals surface area contributed by atoms with E-state index in [9.17, 15) is 4.79 Å². The van der Waals surface area contributed by atoms with E-state index >= 15 is 0 Å². The molecule has 0 saturated heterocycles. The molecule has 0 aromatic rings. The molecule has 3 heteroatoms. The van der Waals surface area contributed by atoms with Crippen molar-refractivity contribution in [3.8, 4) is 0 Å². The third-order valence-corrected chi connectivity index (χ3v) is 3.86. The monoisotopic (exact) mass is 226 g/mol. The van der Waals surface area contributed by atoms with Gasteiger partial charge in [-0.25, -0.2) is 0 Å². The Labute approximate surface area is 99.4 Å². The van der Waals surface area contributed by atoms with Crippen molar-refractivity contribution >= 4 is 5.91 Å². The third kappa shape index (κ3) is 2.97. The minimum atomic E-state index is -0.574. The first-order chi connectivity index (χ1) is 7.51. The van der Waals surface area contributed by atoms with Crippen LogP contribution in [0.1, 0.15) is 58.8 Å². The summed E-state index contributed by atoms with van der Waals surface area (Å²) in [6.07, 6.45) is 7.29. The normalized spacial score (nSPS) is 21.5. The van der Waals surface area contributed by atoms with Crippen LogP contribution in [0, 0.1) is 0 Å². The minimum absolute atomic E-state index is 0.146. The van der Waals surface area contributed by atoms with Gasteiger partial charge in [0.1, 0.15) is 0 Å². The molecule has 16 heavy (non-hydrogen) atoms. The van der Waals surface area contributed by atoms with Gasteiger partial charge in [0, 0.05) is 13.1 Å². The fraction of sp³-hybridized carbons (Fsp3) is 0.923. The molecule has 1 rings (SSSR count). The van der Waals surface area contributed by atoms with Crippen LogP contribution >= 0.6 is 0 Å². The Kier molecular flexibility index (Phi) is 4.78. The van der Waals surface area contributed by atoms with Gasteiger partial charge in [-0.15, -0.1) is 0 Å². The molecule has 0 bridgehead atoms. The minimum Gasteiger partial charge on any atom is -0.341 e. The van der Waals surface area contributed by atoms with E-state index in [0.29, 0.717) is 6.04 Å². The number of hydrogen-bond acceptors (Lipinski definition) is 2. The summed E-state index contributed by atoms with van der Waals surface area (Å²) in [6, 6.07) is 0.305. The molecule has 1 aliphatic rings. The van der Waals surface area contributed by atoms with Crippen LogP contribution in [0.5, 0.6) is 0 Å². The molecule has 1 unspecified atom stereocenters. The average Bonchev–Trinajstić information content (AvgIpc) is 2.28. The largest absolute Gasteiger partial charge is 0.341 e. The summed E-state index contributed by atoms with van der Waals surface area (Å²) in [5.41, 5.74) is 5.67. The highest BCUT2D eigenvalue weighted by atomic mass is 16.2. The lowest BCUT2D eigenvalue weighted by Gasteiger charge is -2.37. The van der Waals surface area contributed by atoms with Crippen LogP contribution in [0.4, 0.5) is 0 Å². The van der Waals surface area contributed by atoms with Crippen LogP contribution in [0.15, 0.2) is 0 Å². The molecule has 0 spiro atoms. The van der Waals surface area contributed by atoms with Crippen LogP contribution in [0.2, 0.25) is 0 Å². The first-order valence-electron chi connectivity index (χ1n) is 6.57. The van der Waals surface area contributed by atoms with Crippen LogP contribution in [-0.2, 0) is 4.79 Å². The lowest BCUT2D eigenvalue weighted by atomic mass is 9.81. The second-order valence-corrected chi connectivity index (χ2v) is 5.27. The average molecular weight is 226 g/mol. The fourth-order valence-electron chi connectivity index (χ4n) is 2.56. The molecule has 3 nitrogen and oxygen atoms in total. The van der Waals surface area contributed by atoms with Crippen molar-refractivity contribution in [3.05, 3.63) is 0 Å². The third-order valence-electron chi connectivity index (χ3n) is 3.86. The summed E-state index contributed by atoms with van der Waals surface area (Å²) in [6.45, 7) is 4.25. The maximum Gasteiger partial charge on any atom is 0.242 e. The van der Waals surface area contributed by atoms with Gasteiger partial charge in [0.25, 0.3) is 0 Å². The zero-order chi connectivity index (χ0) is 12.2. The molecule has 1 aliphatic carbocycles. The number of hydrogen-bond donors (Lipinski definition) is 1. The van der Waals surface area contributed by atoms with Crippen molar-refractivity contribution in [2.45, 2.75) is 70.4 Å². The van der Waals surface area contributed by atoms with Crippen LogP contribution in [0.25, 0.3) is 0 Å². The number of nitrogens with zero attached hydrogens (tertiary/aromatic N) is 1. The maximum absolute atomic E-state index is 12.3. The molecule has 0 aromatic carbocycles. The molecule has 2 N–H and O–H groups in total. The zero-order valence-corrected chi connectivity index (χ0v) is 11.0. The number of likely N-dealkylation sites (N-methyl/N-ethyl adjacent to an activating group) is 1. The van der Waals surface area contributed by atoms with Gasteiger partial charge in [0.15, 0.2) is 0 Å². The van der Waals surface area contributed by atoms with Crippen molar-refractivity contribution in [2.24, 2.45) is 5.73 Å². The Morgan fingerprint density at radius 3 is 2.44 bits per heavy atom. The Morgan fingerprint density at radius 1 is 1.38 bits per heavy atom. The van der Waals surface area contributed by atoms with E-state index in [1.54, 1.807) is 0 Å². The highest BCUT2D eigenvalue weighted by Crippen LogP contribution is 2.28. The summed E-state index contributed by atoms with van der Waals surface area (Å²) < 4.78 is 0. The van der Waals surface area contributed by atoms with E-state index < -0.39 is 5.54 Å². The number of amides is 1. The van der Waals surface area contributed by atoms with E-state index in [-0.39, 0.29) is 5.91 Å². The first kappa shape index (κ1) is 13.5. The van der Waals surface area contributed by atoms with Crippen LogP contribution in [0.3, 0.4) is 0 Å². The van der Waals surface area contributed by atoms with Gasteiger partial charge in [0.2, 0.25) is 5.91 Å². The Morgan fingerprint density at radius 2 is 1.94 bits per heavy atom. The van der Waals surface area contributed by atoms with Gasteiger partial charge in [0.05, 0.1) is 5.54 Å². The van der Waals surface area contributed by atoms with Gasteiger partial charge in [-0.05, 0) is 26.2 Å². The molecule has 0 radical (unpaired) electrons. The smallest absolute Gasteiger partial charge is 0.242 e. The Bertz CT molecular complexity index is 234. The topological polar surface area (TPSA) is 46.3 Å². The molecule has 1 atom stereocenters. The van der Waals surface area contributed by atoms with Crippen molar-refractivity contribution in [2.75, 3.05) is 7.05 Å². The number of carbonyl (C=O) groups excluding carboxylic acids is 1. The lowest BCUT2D eigenvalue weighted by molar-refractivity contribution is -0.138. The van der Waals surface area contributed by atoms with E-state index in [0.717, 1.165) is 38.5 Å². The molecule has 0 aliphatic heterocycles. The molecule has 0 heterocycles. The van der Waals surface area contributed by atoms with Crippen molar-refractivity contribution in [3.63, 3.8) is 0 Å². The Balaban J connectivity index is 2.61. The summed E-state index contributed by atoms with van der Waals surface area (Å²) in [5, 5.41) is 0. The number of carbonyl (C=O) groups is 1. The number of rotatable bonds is 4. The first-order valence-corrected chi connectivity index (χ1v) is 6.57. The molecular formula is C13H26N2O. The van der Waals surface area contributed by atoms with E-state index in [1.165, 1.54) is 6.42 Å². The van der Waals surface area contributed by atoms with Gasteiger partial charge in [-0.2, -0.15) is 0 Å². The van der Waals surface area contributed by atoms with Crippen LogP contribution in [-0.4, -0.2) is 29.4 Å². The lowest BCUT2D eigenvalue weighted by Crippen LogP contribution is -2.57. The quantitative estimate of drug-likeness (QED) is 0.799. The van der Waals surface area contributed by atoms with Crippen LogP contribution < -0.4 is 5.73 Å². The summed E-state index contributed by atoms with van der Waals surface area (Å²) in [5.74, 6) is 0.146. The molecule has 94 valence electrons. The van der Waals surface area contributed by atoms with Crippen molar-refractivity contribution < 1.29 is 4.79 Å². The SMILES string of the molecule is CCCC(C)N(C)C(=O)C1(N)CCCCC1. The maximum atomic E-state index is 12.3. The molecule has 1 amide bonds. The summed E-state index contributed by atoms with van der Waals surface area (Å²) in [7, 11) is 1.89. The fourth-order valence-corrected chi connectivity index (χ4v) is 2.56. The summed E-state index contributed by atoms with van der Waals surface area (Å²) >= 11 is 0.